The molecule has 1 aliphatic rings. The van der Waals surface area contributed by atoms with Crippen LogP contribution in [0.2, 0.25) is 0 Å². The number of nitrogens with one attached hydrogen (secondary N) is 2. The fourth-order valence-electron chi connectivity index (χ4n) is 2.74. The summed E-state index contributed by atoms with van der Waals surface area (Å²) in [6, 6.07) is 2.00. The summed E-state index contributed by atoms with van der Waals surface area (Å²) < 4.78 is 5.33. The molecule has 7 nitrogen and oxygen atoms in total. The molecule has 1 fully saturated rings. The van der Waals surface area contributed by atoms with Gasteiger partial charge in [-0.05, 0) is 12.5 Å². The van der Waals surface area contributed by atoms with Crippen molar-refractivity contribution in [2.75, 3.05) is 52.9 Å². The molecule has 2 heterocycles. The summed E-state index contributed by atoms with van der Waals surface area (Å²) in [6.07, 6.45) is 0. The van der Waals surface area contributed by atoms with Crippen LogP contribution < -0.4 is 10.6 Å². The van der Waals surface area contributed by atoms with Crippen molar-refractivity contribution < 1.29 is 4.52 Å². The molecule has 0 spiro atoms. The van der Waals surface area contributed by atoms with Crippen molar-refractivity contribution in [2.24, 2.45) is 4.99 Å². The second-order valence-corrected chi connectivity index (χ2v) is 6.50. The second-order valence-electron chi connectivity index (χ2n) is 6.50. The van der Waals surface area contributed by atoms with Crippen LogP contribution >= 0.6 is 24.0 Å². The summed E-state index contributed by atoms with van der Waals surface area (Å²) in [6.45, 7) is 14.8. The lowest BCUT2D eigenvalue weighted by molar-refractivity contribution is 0.139. The summed E-state index contributed by atoms with van der Waals surface area (Å²) in [5.74, 6) is 2.01. The maximum Gasteiger partial charge on any atom is 0.191 e. The largest absolute Gasteiger partial charge is 0.359 e. The van der Waals surface area contributed by atoms with E-state index in [0.717, 1.165) is 50.1 Å². The predicted octanol–water partition coefficient (Wildman–Crippen LogP) is 1.72. The summed E-state index contributed by atoms with van der Waals surface area (Å²) >= 11 is 0. The van der Waals surface area contributed by atoms with Gasteiger partial charge in [-0.1, -0.05) is 25.9 Å². The zero-order valence-electron chi connectivity index (χ0n) is 15.9. The highest BCUT2D eigenvalue weighted by Gasteiger charge is 2.14. The average Bonchev–Trinajstić information content (AvgIpc) is 3.08. The third-order valence-corrected chi connectivity index (χ3v) is 4.45. The van der Waals surface area contributed by atoms with Gasteiger partial charge in [0.05, 0.1) is 12.2 Å². The van der Waals surface area contributed by atoms with Gasteiger partial charge in [0.25, 0.3) is 0 Å². The number of halogens is 1. The molecule has 25 heavy (non-hydrogen) atoms. The molecular formula is C17H33IN6O. The minimum Gasteiger partial charge on any atom is -0.359 e. The lowest BCUT2D eigenvalue weighted by atomic mass is 10.1. The third-order valence-electron chi connectivity index (χ3n) is 4.45. The zero-order valence-corrected chi connectivity index (χ0v) is 18.2. The topological polar surface area (TPSA) is 68.9 Å². The predicted molar refractivity (Wildman–Crippen MR) is 113 cm³/mol. The summed E-state index contributed by atoms with van der Waals surface area (Å²) in [7, 11) is 1.79. The molecule has 0 unspecified atom stereocenters. The zero-order chi connectivity index (χ0) is 17.4. The molecule has 0 radical (unpaired) electrons. The van der Waals surface area contributed by atoms with E-state index in [0.29, 0.717) is 12.5 Å². The minimum absolute atomic E-state index is 0. The number of hydrogen-bond donors (Lipinski definition) is 2. The molecule has 2 rings (SSSR count). The number of aromatic nitrogens is 1. The normalized spacial score (nSPS) is 16.8. The van der Waals surface area contributed by atoms with Crippen LogP contribution in [0.3, 0.4) is 0 Å². The van der Waals surface area contributed by atoms with E-state index in [1.165, 1.54) is 13.1 Å². The molecule has 0 bridgehead atoms. The minimum atomic E-state index is 0. The van der Waals surface area contributed by atoms with Crippen LogP contribution in [0.5, 0.6) is 0 Å². The van der Waals surface area contributed by atoms with E-state index in [1.807, 2.05) is 6.07 Å². The van der Waals surface area contributed by atoms with Gasteiger partial charge in [0.1, 0.15) is 0 Å². The third kappa shape index (κ3) is 7.49. The van der Waals surface area contributed by atoms with Crippen LogP contribution in [0.4, 0.5) is 0 Å². The molecule has 144 valence electrons. The van der Waals surface area contributed by atoms with Crippen LogP contribution in [0.15, 0.2) is 15.6 Å². The molecular weight excluding hydrogens is 431 g/mol. The van der Waals surface area contributed by atoms with Gasteiger partial charge in [0.15, 0.2) is 11.7 Å². The number of hydrogen-bond acceptors (Lipinski definition) is 5. The highest BCUT2D eigenvalue weighted by atomic mass is 127. The molecule has 1 aromatic rings. The summed E-state index contributed by atoms with van der Waals surface area (Å²) in [5.41, 5.74) is 0.987. The molecule has 1 aliphatic heterocycles. The van der Waals surface area contributed by atoms with E-state index in [-0.39, 0.29) is 24.0 Å². The van der Waals surface area contributed by atoms with Crippen molar-refractivity contribution in [3.8, 4) is 0 Å². The van der Waals surface area contributed by atoms with Gasteiger partial charge in [-0.15, -0.1) is 24.0 Å². The quantitative estimate of drug-likeness (QED) is 0.364. The Morgan fingerprint density at radius 1 is 1.24 bits per heavy atom. The van der Waals surface area contributed by atoms with Gasteiger partial charge in [-0.25, -0.2) is 0 Å². The molecule has 2 N–H and O–H groups in total. The average molecular weight is 464 g/mol. The molecule has 0 amide bonds. The van der Waals surface area contributed by atoms with Gasteiger partial charge >= 0.3 is 0 Å². The molecule has 1 aromatic heterocycles. The van der Waals surface area contributed by atoms with Crippen molar-refractivity contribution in [3.05, 3.63) is 17.5 Å². The first-order valence-corrected chi connectivity index (χ1v) is 8.97. The number of guanidine groups is 1. The first kappa shape index (κ1) is 22.2. The fraction of sp³-hybridized carbons (Fsp3) is 0.765. The van der Waals surface area contributed by atoms with E-state index >= 15 is 0 Å². The Bertz CT molecular complexity index is 511. The Morgan fingerprint density at radius 3 is 2.48 bits per heavy atom. The van der Waals surface area contributed by atoms with E-state index in [2.05, 4.69) is 51.4 Å². The molecule has 0 aliphatic carbocycles. The van der Waals surface area contributed by atoms with Gasteiger partial charge in [0, 0.05) is 52.4 Å². The molecule has 1 saturated heterocycles. The Hall–Kier alpha value is -0.870. The lowest BCUT2D eigenvalue weighted by Crippen LogP contribution is -2.49. The Kier molecular flexibility index (Phi) is 10.4. The highest BCUT2D eigenvalue weighted by molar-refractivity contribution is 14.0. The maximum atomic E-state index is 5.33. The number of aliphatic imine (C=N–C) groups is 1. The second kappa shape index (κ2) is 11.7. The van der Waals surface area contributed by atoms with Crippen LogP contribution in [-0.2, 0) is 6.54 Å². The van der Waals surface area contributed by atoms with E-state index in [1.54, 1.807) is 7.05 Å². The number of nitrogens with zero attached hydrogens (tertiary/aromatic N) is 4. The van der Waals surface area contributed by atoms with E-state index in [9.17, 15) is 0 Å². The van der Waals surface area contributed by atoms with Crippen LogP contribution in [-0.4, -0.2) is 73.8 Å². The van der Waals surface area contributed by atoms with Crippen LogP contribution in [0, 0.1) is 0 Å². The highest BCUT2D eigenvalue weighted by Crippen LogP contribution is 2.13. The van der Waals surface area contributed by atoms with Crippen molar-refractivity contribution in [1.29, 1.82) is 0 Å². The lowest BCUT2D eigenvalue weighted by Gasteiger charge is -2.34. The standard InChI is InChI=1S/C17H32N6O.HI/c1-5-22-8-10-23(11-9-22)7-6-19-17(18-4)20-13-15-12-16(14(2)3)21-24-15;/h12,14H,5-11,13H2,1-4H3,(H2,18,19,20);1H. The van der Waals surface area contributed by atoms with E-state index < -0.39 is 0 Å². The SMILES string of the molecule is CCN1CCN(CCNC(=NC)NCc2cc(C(C)C)no2)CC1.I. The van der Waals surface area contributed by atoms with Crippen LogP contribution in [0.1, 0.15) is 38.1 Å². The van der Waals surface area contributed by atoms with Gasteiger partial charge in [-0.2, -0.15) is 0 Å². The Balaban J connectivity index is 0.00000312. The van der Waals surface area contributed by atoms with Crippen molar-refractivity contribution in [1.82, 2.24) is 25.6 Å². The van der Waals surface area contributed by atoms with Crippen molar-refractivity contribution >= 4 is 29.9 Å². The molecule has 0 atom stereocenters. The number of piperazine rings is 1. The molecule has 8 heteroatoms. The Labute approximate surface area is 168 Å². The fourth-order valence-corrected chi connectivity index (χ4v) is 2.74. The summed E-state index contributed by atoms with van der Waals surface area (Å²) in [4.78, 5) is 9.25. The van der Waals surface area contributed by atoms with E-state index in [4.69, 9.17) is 4.52 Å². The first-order valence-electron chi connectivity index (χ1n) is 8.97. The smallest absolute Gasteiger partial charge is 0.191 e. The van der Waals surface area contributed by atoms with Gasteiger partial charge < -0.3 is 20.1 Å². The molecule has 0 aromatic carbocycles. The van der Waals surface area contributed by atoms with Crippen LogP contribution in [0.25, 0.3) is 0 Å². The molecule has 0 saturated carbocycles. The number of likely N-dealkylation sites (N-methyl/N-ethyl adjacent to an activating group) is 1. The van der Waals surface area contributed by atoms with Gasteiger partial charge in [0.2, 0.25) is 0 Å². The van der Waals surface area contributed by atoms with Crippen molar-refractivity contribution in [3.63, 3.8) is 0 Å². The first-order chi connectivity index (χ1) is 11.6. The maximum absolute atomic E-state index is 5.33. The Morgan fingerprint density at radius 2 is 1.92 bits per heavy atom. The summed E-state index contributed by atoms with van der Waals surface area (Å²) in [5, 5.41) is 10.7. The van der Waals surface area contributed by atoms with Gasteiger partial charge in [-0.3, -0.25) is 9.89 Å². The number of rotatable bonds is 7. The van der Waals surface area contributed by atoms with Crippen molar-refractivity contribution in [2.45, 2.75) is 33.2 Å². The monoisotopic (exact) mass is 464 g/mol.